The summed E-state index contributed by atoms with van der Waals surface area (Å²) in [5, 5.41) is 6.23. The van der Waals surface area contributed by atoms with Crippen molar-refractivity contribution in [2.24, 2.45) is 0 Å². The molecule has 0 radical (unpaired) electrons. The maximum atomic E-state index is 12.5. The van der Waals surface area contributed by atoms with Crippen molar-refractivity contribution in [3.63, 3.8) is 0 Å². The molecule has 144 valence electrons. The molecule has 5 heteroatoms. The standard InChI is InChI=1S/C22H29N3O2/c1-16(2)18-4-6-19(7-5-18)23-17(3)22(26)24-20-8-10-21(11-9-20)25-12-14-27-15-13-25/h4-11,16-17,23H,12-15H2,1-3H3,(H,24,26)/t17-/m0/s1. The Balaban J connectivity index is 1.54. The molecule has 1 fully saturated rings. The summed E-state index contributed by atoms with van der Waals surface area (Å²) in [6.07, 6.45) is 0. The van der Waals surface area contributed by atoms with Crippen LogP contribution in [0.25, 0.3) is 0 Å². The van der Waals surface area contributed by atoms with Crippen LogP contribution in [0.15, 0.2) is 48.5 Å². The van der Waals surface area contributed by atoms with Crippen molar-refractivity contribution in [3.05, 3.63) is 54.1 Å². The summed E-state index contributed by atoms with van der Waals surface area (Å²) in [7, 11) is 0. The number of morpholine rings is 1. The topological polar surface area (TPSA) is 53.6 Å². The van der Waals surface area contributed by atoms with E-state index in [-0.39, 0.29) is 11.9 Å². The van der Waals surface area contributed by atoms with Gasteiger partial charge < -0.3 is 20.3 Å². The first-order chi connectivity index (χ1) is 13.0. The fraction of sp³-hybridized carbons (Fsp3) is 0.409. The summed E-state index contributed by atoms with van der Waals surface area (Å²) in [5.74, 6) is 0.447. The molecule has 0 saturated carbocycles. The number of hydrogen-bond donors (Lipinski definition) is 2. The van der Waals surface area contributed by atoms with Crippen LogP contribution in [0, 0.1) is 0 Å². The average Bonchev–Trinajstić information content (AvgIpc) is 2.69. The first-order valence-electron chi connectivity index (χ1n) is 9.63. The van der Waals surface area contributed by atoms with Crippen molar-refractivity contribution in [2.45, 2.75) is 32.7 Å². The van der Waals surface area contributed by atoms with Crippen LogP contribution in [-0.2, 0) is 9.53 Å². The van der Waals surface area contributed by atoms with Gasteiger partial charge in [-0.15, -0.1) is 0 Å². The number of benzene rings is 2. The van der Waals surface area contributed by atoms with Gasteiger partial charge in [0.2, 0.25) is 5.91 Å². The molecule has 2 aromatic rings. The molecule has 0 unspecified atom stereocenters. The smallest absolute Gasteiger partial charge is 0.246 e. The molecule has 1 aliphatic rings. The van der Waals surface area contributed by atoms with Gasteiger partial charge in [0.15, 0.2) is 0 Å². The molecule has 5 nitrogen and oxygen atoms in total. The number of rotatable bonds is 6. The molecule has 3 rings (SSSR count). The van der Waals surface area contributed by atoms with Crippen LogP contribution in [0.2, 0.25) is 0 Å². The second-order valence-corrected chi connectivity index (χ2v) is 7.28. The van der Waals surface area contributed by atoms with Crippen LogP contribution >= 0.6 is 0 Å². The molecule has 2 aromatic carbocycles. The third-order valence-electron chi connectivity index (χ3n) is 4.86. The van der Waals surface area contributed by atoms with Gasteiger partial charge in [-0.3, -0.25) is 4.79 Å². The predicted octanol–water partition coefficient (Wildman–Crippen LogP) is 4.09. The molecule has 1 aliphatic heterocycles. The van der Waals surface area contributed by atoms with Gasteiger partial charge in [0.1, 0.15) is 6.04 Å². The summed E-state index contributed by atoms with van der Waals surface area (Å²) in [5.41, 5.74) is 4.20. The lowest BCUT2D eigenvalue weighted by atomic mass is 10.0. The molecule has 1 heterocycles. The maximum absolute atomic E-state index is 12.5. The van der Waals surface area contributed by atoms with E-state index < -0.39 is 0 Å². The lowest BCUT2D eigenvalue weighted by Crippen LogP contribution is -2.36. The summed E-state index contributed by atoms with van der Waals surface area (Å²) in [6, 6.07) is 15.9. The normalized spacial score (nSPS) is 15.5. The predicted molar refractivity (Wildman–Crippen MR) is 112 cm³/mol. The molecule has 1 atom stereocenters. The number of hydrogen-bond acceptors (Lipinski definition) is 4. The highest BCUT2D eigenvalue weighted by Crippen LogP contribution is 2.20. The van der Waals surface area contributed by atoms with Crippen LogP contribution in [0.1, 0.15) is 32.3 Å². The Kier molecular flexibility index (Phi) is 6.35. The van der Waals surface area contributed by atoms with Crippen molar-refractivity contribution in [1.29, 1.82) is 0 Å². The van der Waals surface area contributed by atoms with E-state index >= 15 is 0 Å². The molecular weight excluding hydrogens is 338 g/mol. The van der Waals surface area contributed by atoms with Gasteiger partial charge in [-0.1, -0.05) is 26.0 Å². The van der Waals surface area contributed by atoms with Crippen LogP contribution in [0.4, 0.5) is 17.1 Å². The highest BCUT2D eigenvalue weighted by Gasteiger charge is 2.14. The zero-order valence-electron chi connectivity index (χ0n) is 16.4. The summed E-state index contributed by atoms with van der Waals surface area (Å²) >= 11 is 0. The van der Waals surface area contributed by atoms with Gasteiger partial charge >= 0.3 is 0 Å². The van der Waals surface area contributed by atoms with E-state index in [1.54, 1.807) is 0 Å². The molecule has 0 bridgehead atoms. The third kappa shape index (κ3) is 5.23. The minimum atomic E-state index is -0.325. The summed E-state index contributed by atoms with van der Waals surface area (Å²) in [6.45, 7) is 9.55. The van der Waals surface area contributed by atoms with Crippen molar-refractivity contribution in [1.82, 2.24) is 0 Å². The number of nitrogens with one attached hydrogen (secondary N) is 2. The quantitative estimate of drug-likeness (QED) is 0.808. The first-order valence-corrected chi connectivity index (χ1v) is 9.63. The first kappa shape index (κ1) is 19.2. The molecule has 27 heavy (non-hydrogen) atoms. The largest absolute Gasteiger partial charge is 0.378 e. The number of carbonyl (C=O) groups excluding carboxylic acids is 1. The molecule has 0 aliphatic carbocycles. The summed E-state index contributed by atoms with van der Waals surface area (Å²) in [4.78, 5) is 14.8. The number of nitrogens with zero attached hydrogens (tertiary/aromatic N) is 1. The molecular formula is C22H29N3O2. The second-order valence-electron chi connectivity index (χ2n) is 7.28. The molecule has 1 amide bonds. The molecule has 1 saturated heterocycles. The molecule has 2 N–H and O–H groups in total. The van der Waals surface area contributed by atoms with E-state index in [4.69, 9.17) is 4.74 Å². The fourth-order valence-electron chi connectivity index (χ4n) is 3.11. The van der Waals surface area contributed by atoms with Crippen LogP contribution in [-0.4, -0.2) is 38.3 Å². The zero-order valence-corrected chi connectivity index (χ0v) is 16.4. The SMILES string of the molecule is CC(C)c1ccc(N[C@@H](C)C(=O)Nc2ccc(N3CCOCC3)cc2)cc1. The van der Waals surface area contributed by atoms with Crippen LogP contribution in [0.5, 0.6) is 0 Å². The minimum Gasteiger partial charge on any atom is -0.378 e. The Labute approximate surface area is 161 Å². The van der Waals surface area contributed by atoms with Crippen LogP contribution < -0.4 is 15.5 Å². The lowest BCUT2D eigenvalue weighted by molar-refractivity contribution is -0.116. The minimum absolute atomic E-state index is 0.0536. The van der Waals surface area contributed by atoms with Gasteiger partial charge in [-0.25, -0.2) is 0 Å². The Morgan fingerprint density at radius 1 is 0.926 bits per heavy atom. The van der Waals surface area contributed by atoms with Crippen molar-refractivity contribution < 1.29 is 9.53 Å². The van der Waals surface area contributed by atoms with E-state index in [0.717, 1.165) is 43.4 Å². The highest BCUT2D eigenvalue weighted by molar-refractivity contribution is 5.96. The Morgan fingerprint density at radius 3 is 2.11 bits per heavy atom. The van der Waals surface area contributed by atoms with E-state index in [1.807, 2.05) is 43.3 Å². The zero-order chi connectivity index (χ0) is 19.2. The van der Waals surface area contributed by atoms with E-state index in [1.165, 1.54) is 5.56 Å². The molecule has 0 aromatic heterocycles. The van der Waals surface area contributed by atoms with E-state index in [2.05, 4.69) is 41.5 Å². The van der Waals surface area contributed by atoms with Gasteiger partial charge in [0.05, 0.1) is 13.2 Å². The van der Waals surface area contributed by atoms with Crippen molar-refractivity contribution >= 4 is 23.0 Å². The number of carbonyl (C=O) groups is 1. The second kappa shape index (κ2) is 8.91. The molecule has 0 spiro atoms. The summed E-state index contributed by atoms with van der Waals surface area (Å²) < 4.78 is 5.39. The van der Waals surface area contributed by atoms with Gasteiger partial charge in [-0.05, 0) is 54.8 Å². The van der Waals surface area contributed by atoms with Gasteiger partial charge in [-0.2, -0.15) is 0 Å². The number of ether oxygens (including phenoxy) is 1. The maximum Gasteiger partial charge on any atom is 0.246 e. The van der Waals surface area contributed by atoms with Crippen molar-refractivity contribution in [3.8, 4) is 0 Å². The Hall–Kier alpha value is -2.53. The Morgan fingerprint density at radius 2 is 1.52 bits per heavy atom. The van der Waals surface area contributed by atoms with Crippen molar-refractivity contribution in [2.75, 3.05) is 41.8 Å². The average molecular weight is 367 g/mol. The van der Waals surface area contributed by atoms with Crippen LogP contribution in [0.3, 0.4) is 0 Å². The monoisotopic (exact) mass is 367 g/mol. The van der Waals surface area contributed by atoms with Gasteiger partial charge in [0.25, 0.3) is 0 Å². The number of amides is 1. The fourth-order valence-corrected chi connectivity index (χ4v) is 3.11. The van der Waals surface area contributed by atoms with E-state index in [0.29, 0.717) is 5.92 Å². The van der Waals surface area contributed by atoms with E-state index in [9.17, 15) is 4.79 Å². The Bertz CT molecular complexity index is 735. The lowest BCUT2D eigenvalue weighted by Gasteiger charge is -2.29. The third-order valence-corrected chi connectivity index (χ3v) is 4.86. The van der Waals surface area contributed by atoms with Gasteiger partial charge in [0, 0.05) is 30.2 Å². The highest BCUT2D eigenvalue weighted by atomic mass is 16.5. The number of anilines is 3.